The Morgan fingerprint density at radius 1 is 1.06 bits per heavy atom. The summed E-state index contributed by atoms with van der Waals surface area (Å²) in [5.74, 6) is 0.852. The number of benzene rings is 1. The SMILES string of the molecule is Cc1cc(C)c(C(N)C(CN)C(C)C)c(C)c1. The van der Waals surface area contributed by atoms with E-state index in [1.165, 1.54) is 22.3 Å². The summed E-state index contributed by atoms with van der Waals surface area (Å²) in [6.07, 6.45) is 0. The fourth-order valence-corrected chi connectivity index (χ4v) is 2.76. The Hall–Kier alpha value is -0.860. The van der Waals surface area contributed by atoms with E-state index in [2.05, 4.69) is 46.8 Å². The molecule has 0 bridgehead atoms. The quantitative estimate of drug-likeness (QED) is 0.841. The molecular formula is C15H26N2. The van der Waals surface area contributed by atoms with E-state index in [0.29, 0.717) is 18.4 Å². The first-order chi connectivity index (χ1) is 7.88. The van der Waals surface area contributed by atoms with Crippen molar-refractivity contribution in [2.75, 3.05) is 6.54 Å². The highest BCUT2D eigenvalue weighted by atomic mass is 14.7. The summed E-state index contributed by atoms with van der Waals surface area (Å²) in [7, 11) is 0. The molecule has 96 valence electrons. The van der Waals surface area contributed by atoms with Crippen LogP contribution in [0.4, 0.5) is 0 Å². The molecule has 17 heavy (non-hydrogen) atoms. The van der Waals surface area contributed by atoms with Gasteiger partial charge in [0.1, 0.15) is 0 Å². The average molecular weight is 234 g/mol. The molecule has 2 nitrogen and oxygen atoms in total. The van der Waals surface area contributed by atoms with Crippen molar-refractivity contribution in [2.45, 2.75) is 40.7 Å². The molecule has 4 N–H and O–H groups in total. The third-order valence-electron chi connectivity index (χ3n) is 3.66. The van der Waals surface area contributed by atoms with Gasteiger partial charge in [-0.15, -0.1) is 0 Å². The van der Waals surface area contributed by atoms with E-state index in [1.807, 2.05) is 0 Å². The largest absolute Gasteiger partial charge is 0.330 e. The molecule has 0 aromatic heterocycles. The molecule has 0 spiro atoms. The Morgan fingerprint density at radius 3 is 1.88 bits per heavy atom. The van der Waals surface area contributed by atoms with Crippen molar-refractivity contribution in [3.05, 3.63) is 34.4 Å². The monoisotopic (exact) mass is 234 g/mol. The second kappa shape index (κ2) is 5.65. The second-order valence-corrected chi connectivity index (χ2v) is 5.48. The van der Waals surface area contributed by atoms with Gasteiger partial charge in [0.25, 0.3) is 0 Å². The van der Waals surface area contributed by atoms with Crippen LogP contribution in [0.2, 0.25) is 0 Å². The van der Waals surface area contributed by atoms with Crippen molar-refractivity contribution in [3.8, 4) is 0 Å². The van der Waals surface area contributed by atoms with Crippen LogP contribution in [-0.4, -0.2) is 6.54 Å². The summed E-state index contributed by atoms with van der Waals surface area (Å²) < 4.78 is 0. The number of aryl methyl sites for hydroxylation is 3. The maximum atomic E-state index is 6.42. The second-order valence-electron chi connectivity index (χ2n) is 5.48. The van der Waals surface area contributed by atoms with Crippen LogP contribution in [0.5, 0.6) is 0 Å². The van der Waals surface area contributed by atoms with Gasteiger partial charge in [0.05, 0.1) is 0 Å². The zero-order valence-corrected chi connectivity index (χ0v) is 11.7. The van der Waals surface area contributed by atoms with E-state index >= 15 is 0 Å². The maximum Gasteiger partial charge on any atom is 0.0343 e. The summed E-state index contributed by atoms with van der Waals surface area (Å²) in [5, 5.41) is 0. The van der Waals surface area contributed by atoms with E-state index in [0.717, 1.165) is 0 Å². The highest BCUT2D eigenvalue weighted by molar-refractivity contribution is 5.39. The highest BCUT2D eigenvalue weighted by Gasteiger charge is 2.23. The van der Waals surface area contributed by atoms with Crippen LogP contribution in [0.1, 0.15) is 42.1 Å². The fourth-order valence-electron chi connectivity index (χ4n) is 2.76. The van der Waals surface area contributed by atoms with Gasteiger partial charge >= 0.3 is 0 Å². The zero-order valence-electron chi connectivity index (χ0n) is 11.7. The lowest BCUT2D eigenvalue weighted by Crippen LogP contribution is -2.32. The first-order valence-electron chi connectivity index (χ1n) is 6.41. The first kappa shape index (κ1) is 14.2. The molecule has 0 aliphatic rings. The number of rotatable bonds is 4. The van der Waals surface area contributed by atoms with Crippen molar-refractivity contribution in [1.29, 1.82) is 0 Å². The van der Waals surface area contributed by atoms with Gasteiger partial charge in [-0.25, -0.2) is 0 Å². The Labute approximate surface area is 105 Å². The van der Waals surface area contributed by atoms with Crippen molar-refractivity contribution in [2.24, 2.45) is 23.3 Å². The lowest BCUT2D eigenvalue weighted by molar-refractivity contribution is 0.330. The van der Waals surface area contributed by atoms with Gasteiger partial charge in [0, 0.05) is 6.04 Å². The van der Waals surface area contributed by atoms with Gasteiger partial charge < -0.3 is 11.5 Å². The summed E-state index contributed by atoms with van der Waals surface area (Å²) in [6, 6.07) is 4.45. The minimum Gasteiger partial charge on any atom is -0.330 e. The Balaban J connectivity index is 3.15. The number of nitrogens with two attached hydrogens (primary N) is 2. The van der Waals surface area contributed by atoms with Crippen LogP contribution in [-0.2, 0) is 0 Å². The van der Waals surface area contributed by atoms with Crippen molar-refractivity contribution < 1.29 is 0 Å². The molecule has 2 heteroatoms. The maximum absolute atomic E-state index is 6.42. The minimum atomic E-state index is 0.0422. The molecule has 0 saturated heterocycles. The van der Waals surface area contributed by atoms with Crippen LogP contribution in [0, 0.1) is 32.6 Å². The van der Waals surface area contributed by atoms with E-state index in [1.54, 1.807) is 0 Å². The zero-order chi connectivity index (χ0) is 13.2. The Kier molecular flexibility index (Phi) is 4.72. The molecule has 2 unspecified atom stereocenters. The topological polar surface area (TPSA) is 52.0 Å². The van der Waals surface area contributed by atoms with Crippen LogP contribution in [0.25, 0.3) is 0 Å². The third kappa shape index (κ3) is 3.08. The predicted molar refractivity (Wildman–Crippen MR) is 75.0 cm³/mol. The van der Waals surface area contributed by atoms with Crippen LogP contribution in [0.15, 0.2) is 12.1 Å². The highest BCUT2D eigenvalue weighted by Crippen LogP contribution is 2.30. The van der Waals surface area contributed by atoms with Gasteiger partial charge in [-0.2, -0.15) is 0 Å². The normalized spacial score (nSPS) is 15.1. The van der Waals surface area contributed by atoms with Crippen molar-refractivity contribution in [1.82, 2.24) is 0 Å². The van der Waals surface area contributed by atoms with Crippen LogP contribution in [0.3, 0.4) is 0 Å². The standard InChI is InChI=1S/C15H26N2/c1-9(2)13(8-16)15(17)14-11(4)6-10(3)7-12(14)5/h6-7,9,13,15H,8,16-17H2,1-5H3. The van der Waals surface area contributed by atoms with Gasteiger partial charge in [-0.05, 0) is 55.8 Å². The molecule has 0 saturated carbocycles. The predicted octanol–water partition coefficient (Wildman–Crippen LogP) is 2.84. The van der Waals surface area contributed by atoms with Crippen LogP contribution < -0.4 is 11.5 Å². The van der Waals surface area contributed by atoms with E-state index in [4.69, 9.17) is 11.5 Å². The van der Waals surface area contributed by atoms with E-state index in [-0.39, 0.29) is 6.04 Å². The van der Waals surface area contributed by atoms with E-state index < -0.39 is 0 Å². The number of hydrogen-bond donors (Lipinski definition) is 2. The summed E-state index contributed by atoms with van der Waals surface area (Å²) in [4.78, 5) is 0. The molecule has 1 aromatic carbocycles. The molecule has 0 amide bonds. The molecule has 0 radical (unpaired) electrons. The molecule has 0 aliphatic heterocycles. The van der Waals surface area contributed by atoms with Gasteiger partial charge in [0.15, 0.2) is 0 Å². The molecular weight excluding hydrogens is 208 g/mol. The van der Waals surface area contributed by atoms with Gasteiger partial charge in [-0.1, -0.05) is 31.5 Å². The molecule has 1 aromatic rings. The van der Waals surface area contributed by atoms with Crippen LogP contribution >= 0.6 is 0 Å². The lowest BCUT2D eigenvalue weighted by atomic mass is 9.81. The smallest absolute Gasteiger partial charge is 0.0343 e. The molecule has 1 rings (SSSR count). The summed E-state index contributed by atoms with van der Waals surface area (Å²) in [6.45, 7) is 11.4. The van der Waals surface area contributed by atoms with Gasteiger partial charge in [0.2, 0.25) is 0 Å². The molecule has 2 atom stereocenters. The minimum absolute atomic E-state index is 0.0422. The fraction of sp³-hybridized carbons (Fsp3) is 0.600. The number of hydrogen-bond acceptors (Lipinski definition) is 2. The Morgan fingerprint density at radius 2 is 1.53 bits per heavy atom. The van der Waals surface area contributed by atoms with Crippen molar-refractivity contribution >= 4 is 0 Å². The van der Waals surface area contributed by atoms with Crippen molar-refractivity contribution in [3.63, 3.8) is 0 Å². The Bertz CT molecular complexity index is 360. The first-order valence-corrected chi connectivity index (χ1v) is 6.41. The van der Waals surface area contributed by atoms with E-state index in [9.17, 15) is 0 Å². The van der Waals surface area contributed by atoms with Gasteiger partial charge in [-0.3, -0.25) is 0 Å². The lowest BCUT2D eigenvalue weighted by Gasteiger charge is -2.29. The molecule has 0 heterocycles. The molecule has 0 aliphatic carbocycles. The summed E-state index contributed by atoms with van der Waals surface area (Å²) in [5.41, 5.74) is 17.4. The average Bonchev–Trinajstić information content (AvgIpc) is 2.15. The summed E-state index contributed by atoms with van der Waals surface area (Å²) >= 11 is 0. The molecule has 0 fully saturated rings. The third-order valence-corrected chi connectivity index (χ3v) is 3.66.